The molecule has 3 aliphatic carbocycles. The van der Waals surface area contributed by atoms with Gasteiger partial charge in [0.25, 0.3) is 5.91 Å². The molecule has 3 saturated carbocycles. The van der Waals surface area contributed by atoms with Crippen LogP contribution in [0.3, 0.4) is 0 Å². The van der Waals surface area contributed by atoms with Gasteiger partial charge in [-0.1, -0.05) is 78.1 Å². The van der Waals surface area contributed by atoms with Crippen LogP contribution in [-0.2, 0) is 33.8 Å². The predicted molar refractivity (Wildman–Crippen MR) is 203 cm³/mol. The van der Waals surface area contributed by atoms with Crippen molar-refractivity contribution in [2.75, 3.05) is 13.1 Å². The van der Waals surface area contributed by atoms with Crippen LogP contribution < -0.4 is 5.32 Å². The first-order valence-electron chi connectivity index (χ1n) is 20.8. The summed E-state index contributed by atoms with van der Waals surface area (Å²) in [6.07, 6.45) is 14.0. The smallest absolute Gasteiger partial charge is 0.287 e. The van der Waals surface area contributed by atoms with Crippen molar-refractivity contribution in [3.05, 3.63) is 0 Å². The van der Waals surface area contributed by atoms with E-state index in [0.29, 0.717) is 44.7 Å². The van der Waals surface area contributed by atoms with E-state index in [2.05, 4.69) is 19.2 Å². The molecule has 0 radical (unpaired) electrons. The van der Waals surface area contributed by atoms with Crippen LogP contribution in [0.5, 0.6) is 0 Å². The number of carbonyl (C=O) groups excluding carboxylic acids is 5. The molecule has 294 valence electrons. The third kappa shape index (κ3) is 8.57. The highest BCUT2D eigenvalue weighted by molar-refractivity contribution is 7.93. The predicted octanol–water partition coefficient (Wildman–Crippen LogP) is 7.18. The molecule has 5 aliphatic rings. The molecule has 9 nitrogen and oxygen atoms in total. The second-order valence-corrected chi connectivity index (χ2v) is 21.9. The monoisotopic (exact) mass is 744 g/mol. The summed E-state index contributed by atoms with van der Waals surface area (Å²) in [5, 5.41) is 2.25. The number of carbonyl (C=O) groups is 5. The van der Waals surface area contributed by atoms with Gasteiger partial charge in [0.1, 0.15) is 5.78 Å². The van der Waals surface area contributed by atoms with E-state index in [1.165, 1.54) is 0 Å². The second kappa shape index (κ2) is 16.3. The van der Waals surface area contributed by atoms with E-state index >= 15 is 0 Å². The summed E-state index contributed by atoms with van der Waals surface area (Å²) >= 11 is 0. The Labute approximate surface area is 313 Å². The molecule has 52 heavy (non-hydrogen) atoms. The normalized spacial score (nSPS) is 30.4. The SMILES string of the molecule is CC(C)S(=O)(=O)C(C)(C)C1(CC(=O)C[C@H]2CCCCCCCCC[C@@H](C(=O)C(=O)NCC3CC3)CC(=O)[C@@H]3[C@@H]4[C@H](CN3C2=O)C4(C)C)CCCCC1. The molecule has 0 bridgehead atoms. The lowest BCUT2D eigenvalue weighted by atomic mass is 9.63. The van der Waals surface area contributed by atoms with Crippen molar-refractivity contribution in [1.82, 2.24) is 10.2 Å². The molecule has 10 heteroatoms. The Kier molecular flexibility index (Phi) is 12.9. The standard InChI is InChI=1S/C42H68N2O7S/c1-28(2)52(50,51)41(5,6)42(21-15-12-16-22-42)25-32(45)23-31-18-14-11-9-7-8-10-13-17-30(37(47)38(48)43-26-29-19-20-29)24-34(46)36-35-33(40(35,3)4)27-44(36)39(31)49/h28-31,33,35-36H,7-27H2,1-6H3,(H,43,48)/t30-,31-,33+,35+,36-/m1/s1. The quantitative estimate of drug-likeness (QED) is 0.222. The number of piperidine rings is 1. The fourth-order valence-corrected chi connectivity index (χ4v) is 12.5. The Bertz CT molecular complexity index is 1460. The Hall–Kier alpha value is -2.10. The summed E-state index contributed by atoms with van der Waals surface area (Å²) in [4.78, 5) is 71.5. The number of hydrogen-bond donors (Lipinski definition) is 1. The second-order valence-electron chi connectivity index (χ2n) is 18.9. The topological polar surface area (TPSA) is 135 Å². The summed E-state index contributed by atoms with van der Waals surface area (Å²) < 4.78 is 26.4. The fraction of sp³-hybridized carbons (Fsp3) is 0.881. The van der Waals surface area contributed by atoms with E-state index in [9.17, 15) is 32.4 Å². The van der Waals surface area contributed by atoms with E-state index in [1.54, 1.807) is 18.7 Å². The maximum absolute atomic E-state index is 14.7. The van der Waals surface area contributed by atoms with Crippen LogP contribution in [-0.4, -0.2) is 71.6 Å². The van der Waals surface area contributed by atoms with Gasteiger partial charge in [-0.15, -0.1) is 0 Å². The highest BCUT2D eigenvalue weighted by atomic mass is 32.2. The van der Waals surface area contributed by atoms with E-state index in [-0.39, 0.29) is 54.0 Å². The number of rotatable bonds is 11. The first-order valence-corrected chi connectivity index (χ1v) is 22.4. The van der Waals surface area contributed by atoms with Gasteiger partial charge in [0.2, 0.25) is 11.7 Å². The first kappa shape index (κ1) is 41.1. The lowest BCUT2D eigenvalue weighted by molar-refractivity contribution is -0.146. The third-order valence-electron chi connectivity index (χ3n) is 14.5. The fourth-order valence-electron chi connectivity index (χ4n) is 10.5. The minimum absolute atomic E-state index is 0.00817. The summed E-state index contributed by atoms with van der Waals surface area (Å²) in [5.74, 6) is -2.13. The summed E-state index contributed by atoms with van der Waals surface area (Å²) in [6, 6.07) is -0.664. The Morgan fingerprint density at radius 1 is 0.865 bits per heavy atom. The number of amides is 2. The maximum atomic E-state index is 14.7. The maximum Gasteiger partial charge on any atom is 0.287 e. The van der Waals surface area contributed by atoms with Gasteiger partial charge < -0.3 is 10.2 Å². The van der Waals surface area contributed by atoms with Crippen molar-refractivity contribution >= 4 is 39.0 Å². The molecule has 5 rings (SSSR count). The van der Waals surface area contributed by atoms with Crippen LogP contribution in [0.2, 0.25) is 0 Å². The van der Waals surface area contributed by atoms with E-state index in [4.69, 9.17) is 0 Å². The first-order chi connectivity index (χ1) is 24.4. The van der Waals surface area contributed by atoms with Gasteiger partial charge in [-0.2, -0.15) is 0 Å². The zero-order valence-electron chi connectivity index (χ0n) is 33.1. The Morgan fingerprint density at radius 2 is 1.44 bits per heavy atom. The molecular formula is C42H68N2O7S. The molecule has 0 aromatic heterocycles. The molecule has 5 atom stereocenters. The number of fused-ring (bicyclic) bond motifs is 3. The van der Waals surface area contributed by atoms with Gasteiger partial charge >= 0.3 is 0 Å². The van der Waals surface area contributed by atoms with Gasteiger partial charge in [0.15, 0.2) is 15.6 Å². The van der Waals surface area contributed by atoms with Crippen molar-refractivity contribution < 1.29 is 32.4 Å². The zero-order valence-corrected chi connectivity index (χ0v) is 33.9. The van der Waals surface area contributed by atoms with Crippen LogP contribution >= 0.6 is 0 Å². The number of hydrogen-bond acceptors (Lipinski definition) is 7. The summed E-state index contributed by atoms with van der Waals surface area (Å²) in [5.41, 5.74) is -0.789. The zero-order chi connectivity index (χ0) is 38.1. The van der Waals surface area contributed by atoms with E-state index < -0.39 is 54.8 Å². The van der Waals surface area contributed by atoms with Gasteiger partial charge in [-0.3, -0.25) is 24.0 Å². The molecule has 5 fully saturated rings. The molecule has 2 aliphatic heterocycles. The van der Waals surface area contributed by atoms with Crippen LogP contribution in [0.25, 0.3) is 0 Å². The number of sulfone groups is 1. The van der Waals surface area contributed by atoms with Crippen molar-refractivity contribution in [2.24, 2.45) is 40.4 Å². The average Bonchev–Trinajstić information content (AvgIpc) is 3.96. The molecule has 2 amide bonds. The molecule has 0 spiro atoms. The van der Waals surface area contributed by atoms with Crippen LogP contribution in [0.15, 0.2) is 0 Å². The molecule has 2 saturated heterocycles. The van der Waals surface area contributed by atoms with Gasteiger partial charge in [0, 0.05) is 44.2 Å². The van der Waals surface area contributed by atoms with E-state index in [0.717, 1.165) is 77.0 Å². The van der Waals surface area contributed by atoms with Crippen molar-refractivity contribution in [2.45, 2.75) is 180 Å². The molecule has 2 heterocycles. The molecule has 1 N–H and O–H groups in total. The van der Waals surface area contributed by atoms with Crippen LogP contribution in [0.4, 0.5) is 0 Å². The number of Topliss-reactive ketones (excluding diaryl/α,β-unsaturated/α-hetero) is 3. The highest BCUT2D eigenvalue weighted by Gasteiger charge is 2.69. The minimum Gasteiger partial charge on any atom is -0.349 e. The largest absolute Gasteiger partial charge is 0.349 e. The number of ketones is 3. The minimum atomic E-state index is -3.53. The number of nitrogens with one attached hydrogen (secondary N) is 1. The lowest BCUT2D eigenvalue weighted by Gasteiger charge is -2.49. The summed E-state index contributed by atoms with van der Waals surface area (Å²) in [7, 11) is -3.53. The Morgan fingerprint density at radius 3 is 2.04 bits per heavy atom. The van der Waals surface area contributed by atoms with Crippen LogP contribution in [0, 0.1) is 40.4 Å². The van der Waals surface area contributed by atoms with Gasteiger partial charge in [-0.05, 0) is 94.8 Å². The molecule has 0 aromatic rings. The molecule has 0 aromatic carbocycles. The third-order valence-corrected chi connectivity index (χ3v) is 17.6. The van der Waals surface area contributed by atoms with E-state index in [1.807, 2.05) is 13.8 Å². The average molecular weight is 745 g/mol. The Balaban J connectivity index is 1.38. The summed E-state index contributed by atoms with van der Waals surface area (Å²) in [6.45, 7) is 12.3. The van der Waals surface area contributed by atoms with Crippen molar-refractivity contribution in [3.8, 4) is 0 Å². The molecular weight excluding hydrogens is 677 g/mol. The van der Waals surface area contributed by atoms with Crippen molar-refractivity contribution in [3.63, 3.8) is 0 Å². The number of nitrogens with zero attached hydrogens (tertiary/aromatic N) is 1. The van der Waals surface area contributed by atoms with Gasteiger partial charge in [0.05, 0.1) is 16.0 Å². The van der Waals surface area contributed by atoms with Crippen molar-refractivity contribution in [1.29, 1.82) is 0 Å². The highest BCUT2D eigenvalue weighted by Crippen LogP contribution is 2.65. The lowest BCUT2D eigenvalue weighted by Crippen LogP contribution is -2.54. The van der Waals surface area contributed by atoms with Gasteiger partial charge in [-0.25, -0.2) is 8.42 Å². The van der Waals surface area contributed by atoms with Crippen LogP contribution in [0.1, 0.15) is 164 Å². The molecule has 0 unspecified atom stereocenters.